The van der Waals surface area contributed by atoms with Gasteiger partial charge < -0.3 is 14.2 Å². The van der Waals surface area contributed by atoms with Gasteiger partial charge in [-0.15, -0.1) is 0 Å². The highest BCUT2D eigenvalue weighted by molar-refractivity contribution is 8.14. The predicted octanol–water partition coefficient (Wildman–Crippen LogP) is 6.55. The zero-order valence-corrected chi connectivity index (χ0v) is 24.7. The maximum Gasteiger partial charge on any atom is 0.356 e. The van der Waals surface area contributed by atoms with E-state index in [4.69, 9.17) is 14.2 Å². The van der Waals surface area contributed by atoms with Crippen molar-refractivity contribution in [3.8, 4) is 17.6 Å². The van der Waals surface area contributed by atoms with Gasteiger partial charge in [0.05, 0.1) is 12.3 Å². The minimum atomic E-state index is -1.44. The molecule has 9 nitrogen and oxygen atoms in total. The van der Waals surface area contributed by atoms with Gasteiger partial charge in [-0.1, -0.05) is 30.0 Å². The molecule has 1 amide bonds. The number of esters is 1. The molecule has 0 bridgehead atoms. The summed E-state index contributed by atoms with van der Waals surface area (Å²) in [4.78, 5) is 30.0. The summed E-state index contributed by atoms with van der Waals surface area (Å²) in [6.07, 6.45) is 0. The van der Waals surface area contributed by atoms with Crippen LogP contribution in [0.25, 0.3) is 0 Å². The number of hydrazone groups is 1. The Hall–Kier alpha value is -5.42. The number of para-hydroxylation sites is 1. The molecule has 3 aromatic carbocycles. The first-order valence-electron chi connectivity index (χ1n) is 13.6. The van der Waals surface area contributed by atoms with Gasteiger partial charge in [0, 0.05) is 23.3 Å². The van der Waals surface area contributed by atoms with Crippen molar-refractivity contribution in [3.05, 3.63) is 124 Å². The molecule has 1 aliphatic heterocycles. The number of halogens is 4. The molecule has 14 heteroatoms. The lowest BCUT2D eigenvalue weighted by atomic mass is 10.1. The molecule has 4 aromatic rings. The molecule has 46 heavy (non-hydrogen) atoms. The van der Waals surface area contributed by atoms with Gasteiger partial charge >= 0.3 is 5.97 Å². The van der Waals surface area contributed by atoms with Crippen molar-refractivity contribution in [3.63, 3.8) is 0 Å². The minimum absolute atomic E-state index is 0.0107. The molecule has 2 heterocycles. The lowest BCUT2D eigenvalue weighted by Gasteiger charge is -2.24. The molecule has 0 fully saturated rings. The number of pyridine rings is 1. The van der Waals surface area contributed by atoms with Crippen LogP contribution in [0.3, 0.4) is 0 Å². The largest absolute Gasteiger partial charge is 0.483 e. The van der Waals surface area contributed by atoms with Gasteiger partial charge in [-0.25, -0.2) is 32.3 Å². The SMILES string of the molecule is CCOC(=O)c1cccc(COc2cccc(C3SC(c4ccc(F)cc4)=NN3C(=O)c3c(F)cc(F)cc3F)c2OCC#N)n1. The summed E-state index contributed by atoms with van der Waals surface area (Å²) in [7, 11) is 0. The molecule has 234 valence electrons. The molecule has 0 saturated carbocycles. The van der Waals surface area contributed by atoms with Crippen LogP contribution in [0, 0.1) is 34.6 Å². The average Bonchev–Trinajstić information content (AvgIpc) is 3.48. The second-order valence-corrected chi connectivity index (χ2v) is 10.5. The Morgan fingerprint density at radius 1 is 0.957 bits per heavy atom. The van der Waals surface area contributed by atoms with Crippen LogP contribution in [0.1, 0.15) is 50.0 Å². The first kappa shape index (κ1) is 32.0. The van der Waals surface area contributed by atoms with E-state index in [1.807, 2.05) is 6.07 Å². The Morgan fingerprint density at radius 3 is 2.37 bits per heavy atom. The third kappa shape index (κ3) is 6.94. The molecule has 0 spiro atoms. The van der Waals surface area contributed by atoms with Gasteiger partial charge in [-0.05, 0) is 49.4 Å². The van der Waals surface area contributed by atoms with E-state index in [2.05, 4.69) is 10.1 Å². The summed E-state index contributed by atoms with van der Waals surface area (Å²) < 4.78 is 73.5. The van der Waals surface area contributed by atoms with Crippen LogP contribution in [0.15, 0.2) is 77.9 Å². The van der Waals surface area contributed by atoms with Crippen LogP contribution < -0.4 is 9.47 Å². The number of carbonyl (C=O) groups is 2. The van der Waals surface area contributed by atoms with Crippen molar-refractivity contribution in [2.24, 2.45) is 5.10 Å². The van der Waals surface area contributed by atoms with Gasteiger partial charge in [0.15, 0.2) is 18.1 Å². The van der Waals surface area contributed by atoms with E-state index in [0.717, 1.165) is 16.8 Å². The highest BCUT2D eigenvalue weighted by Gasteiger charge is 2.39. The number of nitrogens with zero attached hydrogens (tertiary/aromatic N) is 4. The molecule has 0 radical (unpaired) electrons. The summed E-state index contributed by atoms with van der Waals surface area (Å²) in [5.74, 6) is -6.34. The van der Waals surface area contributed by atoms with Crippen LogP contribution in [-0.4, -0.2) is 40.1 Å². The number of nitriles is 1. The number of benzene rings is 3. The van der Waals surface area contributed by atoms with Crippen LogP contribution in [-0.2, 0) is 11.3 Å². The van der Waals surface area contributed by atoms with Crippen LogP contribution in [0.5, 0.6) is 11.5 Å². The fraction of sp³-hybridized carbons (Fsp3) is 0.156. The van der Waals surface area contributed by atoms with Crippen molar-refractivity contribution >= 4 is 28.7 Å². The number of ether oxygens (including phenoxy) is 3. The van der Waals surface area contributed by atoms with Crippen molar-refractivity contribution in [1.29, 1.82) is 5.26 Å². The third-order valence-electron chi connectivity index (χ3n) is 6.39. The third-order valence-corrected chi connectivity index (χ3v) is 7.60. The summed E-state index contributed by atoms with van der Waals surface area (Å²) in [6.45, 7) is 1.24. The van der Waals surface area contributed by atoms with E-state index in [1.165, 1.54) is 42.5 Å². The number of hydrogen-bond acceptors (Lipinski definition) is 9. The van der Waals surface area contributed by atoms with Crippen LogP contribution in [0.2, 0.25) is 0 Å². The zero-order valence-electron chi connectivity index (χ0n) is 23.9. The molecular weight excluding hydrogens is 628 g/mol. The van der Waals surface area contributed by atoms with E-state index >= 15 is 0 Å². The minimum Gasteiger partial charge on any atom is -0.483 e. The summed E-state index contributed by atoms with van der Waals surface area (Å²) >= 11 is 0.981. The Bertz CT molecular complexity index is 1840. The molecular formula is C32H22F4N4O5S. The van der Waals surface area contributed by atoms with Crippen molar-refractivity contribution in [2.75, 3.05) is 13.2 Å². The highest BCUT2D eigenvalue weighted by atomic mass is 32.2. The standard InChI is InChI=1S/C32H22F4N4O5S/c1-2-43-32(42)25-7-3-5-21(38-25)17-45-26-8-4-6-22(28(26)44-14-13-37)31-40(30(41)27-23(35)15-20(34)16-24(27)36)39-29(46-31)18-9-11-19(33)12-10-18/h3-12,15-16,31H,2,14,17H2,1H3. The molecule has 1 aromatic heterocycles. The van der Waals surface area contributed by atoms with Gasteiger partial charge in [0.2, 0.25) is 0 Å². The summed E-state index contributed by atoms with van der Waals surface area (Å²) in [5, 5.41) is 13.4. The van der Waals surface area contributed by atoms with E-state index < -0.39 is 52.7 Å². The fourth-order valence-electron chi connectivity index (χ4n) is 4.39. The Morgan fingerprint density at radius 2 is 1.67 bits per heavy atom. The van der Waals surface area contributed by atoms with Gasteiger partial charge in [0.1, 0.15) is 57.6 Å². The molecule has 1 atom stereocenters. The van der Waals surface area contributed by atoms with Crippen molar-refractivity contribution in [1.82, 2.24) is 9.99 Å². The molecule has 0 saturated heterocycles. The molecule has 0 aliphatic carbocycles. The quantitative estimate of drug-likeness (QED) is 0.140. The van der Waals surface area contributed by atoms with E-state index in [1.54, 1.807) is 25.1 Å². The summed E-state index contributed by atoms with van der Waals surface area (Å²) in [5.41, 5.74) is 0.00297. The number of carbonyl (C=O) groups excluding carboxylic acids is 2. The average molecular weight is 651 g/mol. The molecule has 5 rings (SSSR count). The smallest absolute Gasteiger partial charge is 0.356 e. The topological polar surface area (TPSA) is 114 Å². The molecule has 1 aliphatic rings. The van der Waals surface area contributed by atoms with Gasteiger partial charge in [-0.3, -0.25) is 4.79 Å². The van der Waals surface area contributed by atoms with Gasteiger partial charge in [-0.2, -0.15) is 10.4 Å². The molecule has 0 N–H and O–H groups in total. The van der Waals surface area contributed by atoms with Crippen LogP contribution in [0.4, 0.5) is 17.6 Å². The Kier molecular flexibility index (Phi) is 9.82. The van der Waals surface area contributed by atoms with E-state index in [9.17, 15) is 32.4 Å². The lowest BCUT2D eigenvalue weighted by Crippen LogP contribution is -2.28. The monoisotopic (exact) mass is 650 g/mol. The maximum absolute atomic E-state index is 14.8. The van der Waals surface area contributed by atoms with Crippen molar-refractivity contribution < 1.29 is 41.4 Å². The predicted molar refractivity (Wildman–Crippen MR) is 158 cm³/mol. The number of thioether (sulfide) groups is 1. The first-order chi connectivity index (χ1) is 22.2. The van der Waals surface area contributed by atoms with Crippen molar-refractivity contribution in [2.45, 2.75) is 18.9 Å². The normalized spacial score (nSPS) is 14.0. The molecule has 1 unspecified atom stereocenters. The van der Waals surface area contributed by atoms with Crippen LogP contribution >= 0.6 is 11.8 Å². The first-order valence-corrected chi connectivity index (χ1v) is 14.5. The number of aromatic nitrogens is 1. The fourth-order valence-corrected chi connectivity index (χ4v) is 5.56. The number of hydrogen-bond donors (Lipinski definition) is 0. The Labute approximate surface area is 264 Å². The zero-order chi connectivity index (χ0) is 32.8. The number of amides is 1. The lowest BCUT2D eigenvalue weighted by molar-refractivity contribution is 0.0518. The Balaban J connectivity index is 1.54. The van der Waals surface area contributed by atoms with E-state index in [0.29, 0.717) is 23.4 Å². The highest BCUT2D eigenvalue weighted by Crippen LogP contribution is 2.48. The number of rotatable bonds is 10. The van der Waals surface area contributed by atoms with E-state index in [-0.39, 0.29) is 41.0 Å². The maximum atomic E-state index is 14.8. The summed E-state index contributed by atoms with van der Waals surface area (Å²) in [6, 6.07) is 17.1. The van der Waals surface area contributed by atoms with Gasteiger partial charge in [0.25, 0.3) is 5.91 Å². The second kappa shape index (κ2) is 14.1. The second-order valence-electron chi connectivity index (χ2n) is 9.42.